The minimum absolute atomic E-state index is 0.262. The van der Waals surface area contributed by atoms with Crippen LogP contribution in [0.5, 0.6) is 0 Å². The summed E-state index contributed by atoms with van der Waals surface area (Å²) in [5.41, 5.74) is 2.48. The van der Waals surface area contributed by atoms with Crippen LogP contribution in [0.2, 0.25) is 0 Å². The second kappa shape index (κ2) is 7.04. The van der Waals surface area contributed by atoms with Crippen LogP contribution in [0.25, 0.3) is 11.1 Å². The van der Waals surface area contributed by atoms with Gasteiger partial charge in [-0.05, 0) is 42.3 Å². The summed E-state index contributed by atoms with van der Waals surface area (Å²) in [6.45, 7) is 1.84. The number of nitrogens with one attached hydrogen (secondary N) is 1. The van der Waals surface area contributed by atoms with Gasteiger partial charge in [0.05, 0.1) is 5.56 Å². The van der Waals surface area contributed by atoms with Crippen molar-refractivity contribution in [3.8, 4) is 11.1 Å². The number of amides is 1. The van der Waals surface area contributed by atoms with Crippen molar-refractivity contribution < 1.29 is 18.0 Å². The second-order valence-electron chi connectivity index (χ2n) is 5.89. The van der Waals surface area contributed by atoms with E-state index in [-0.39, 0.29) is 5.91 Å². The molecule has 5 heteroatoms. The molecule has 2 nitrogen and oxygen atoms in total. The van der Waals surface area contributed by atoms with Crippen molar-refractivity contribution in [1.29, 1.82) is 0 Å². The molecule has 0 aliphatic heterocycles. The second-order valence-corrected chi connectivity index (χ2v) is 5.89. The Morgan fingerprint density at radius 2 is 1.46 bits per heavy atom. The van der Waals surface area contributed by atoms with Gasteiger partial charge in [0.1, 0.15) is 0 Å². The van der Waals surface area contributed by atoms with Gasteiger partial charge >= 0.3 is 6.18 Å². The maximum absolute atomic E-state index is 12.7. The number of anilines is 1. The van der Waals surface area contributed by atoms with Crippen LogP contribution in [0.15, 0.2) is 72.8 Å². The fourth-order valence-corrected chi connectivity index (χ4v) is 2.70. The minimum Gasteiger partial charge on any atom is -0.321 e. The summed E-state index contributed by atoms with van der Waals surface area (Å²) in [6.07, 6.45) is -4.38. The lowest BCUT2D eigenvalue weighted by atomic mass is 10.0. The highest BCUT2D eigenvalue weighted by Crippen LogP contribution is 2.33. The van der Waals surface area contributed by atoms with Crippen molar-refractivity contribution in [3.05, 3.63) is 89.5 Å². The highest BCUT2D eigenvalue weighted by atomic mass is 19.4. The zero-order chi connectivity index (χ0) is 18.7. The molecule has 0 radical (unpaired) electrons. The molecule has 1 N–H and O–H groups in total. The van der Waals surface area contributed by atoms with Gasteiger partial charge in [0, 0.05) is 16.8 Å². The van der Waals surface area contributed by atoms with Crippen molar-refractivity contribution in [3.63, 3.8) is 0 Å². The smallest absolute Gasteiger partial charge is 0.321 e. The summed E-state index contributed by atoms with van der Waals surface area (Å²) in [4.78, 5) is 12.5. The van der Waals surface area contributed by atoms with E-state index >= 15 is 0 Å². The van der Waals surface area contributed by atoms with Crippen molar-refractivity contribution in [2.75, 3.05) is 5.32 Å². The van der Waals surface area contributed by atoms with E-state index in [0.717, 1.165) is 17.7 Å². The molecule has 132 valence electrons. The highest BCUT2D eigenvalue weighted by molar-refractivity contribution is 6.07. The molecule has 0 atom stereocenters. The fraction of sp³-hybridized carbons (Fsp3) is 0.0952. The number of carbonyl (C=O) groups excluding carboxylic acids is 1. The van der Waals surface area contributed by atoms with Crippen molar-refractivity contribution in [2.45, 2.75) is 13.1 Å². The van der Waals surface area contributed by atoms with Crippen LogP contribution in [0, 0.1) is 6.92 Å². The lowest BCUT2D eigenvalue weighted by Gasteiger charge is -2.13. The van der Waals surface area contributed by atoms with Gasteiger partial charge in [-0.25, -0.2) is 0 Å². The topological polar surface area (TPSA) is 29.1 Å². The van der Waals surface area contributed by atoms with Crippen LogP contribution in [-0.2, 0) is 6.18 Å². The maximum Gasteiger partial charge on any atom is 0.416 e. The van der Waals surface area contributed by atoms with E-state index in [2.05, 4.69) is 5.32 Å². The van der Waals surface area contributed by atoms with Gasteiger partial charge in [-0.15, -0.1) is 0 Å². The van der Waals surface area contributed by atoms with Gasteiger partial charge in [0.2, 0.25) is 0 Å². The number of hydrogen-bond acceptors (Lipinski definition) is 1. The average Bonchev–Trinajstić information content (AvgIpc) is 2.62. The molecule has 26 heavy (non-hydrogen) atoms. The zero-order valence-electron chi connectivity index (χ0n) is 14.0. The van der Waals surface area contributed by atoms with E-state index in [4.69, 9.17) is 0 Å². The molecule has 0 saturated carbocycles. The molecule has 0 spiro atoms. The number of rotatable bonds is 3. The van der Waals surface area contributed by atoms with Gasteiger partial charge in [0.25, 0.3) is 5.91 Å². The molecule has 0 fully saturated rings. The molecule has 0 heterocycles. The van der Waals surface area contributed by atoms with Crippen LogP contribution in [0.3, 0.4) is 0 Å². The Kier molecular flexibility index (Phi) is 4.80. The summed E-state index contributed by atoms with van der Waals surface area (Å²) in [5.74, 6) is -0.262. The van der Waals surface area contributed by atoms with Gasteiger partial charge in [-0.2, -0.15) is 13.2 Å². The summed E-state index contributed by atoms with van der Waals surface area (Å²) in [6, 6.07) is 19.1. The Bertz CT molecular complexity index is 930. The Morgan fingerprint density at radius 1 is 0.846 bits per heavy atom. The van der Waals surface area contributed by atoms with Gasteiger partial charge in [-0.1, -0.05) is 48.5 Å². The number of halogens is 3. The number of para-hydroxylation sites is 1. The monoisotopic (exact) mass is 355 g/mol. The predicted molar refractivity (Wildman–Crippen MR) is 96.0 cm³/mol. The molecule has 0 bridgehead atoms. The first-order valence-corrected chi connectivity index (χ1v) is 8.00. The van der Waals surface area contributed by atoms with E-state index in [1.165, 1.54) is 12.1 Å². The van der Waals surface area contributed by atoms with Crippen LogP contribution < -0.4 is 5.32 Å². The number of benzene rings is 3. The molecule has 0 unspecified atom stereocenters. The Balaban J connectivity index is 1.92. The van der Waals surface area contributed by atoms with E-state index in [1.807, 2.05) is 19.1 Å². The maximum atomic E-state index is 12.7. The third-order valence-corrected chi connectivity index (χ3v) is 4.09. The van der Waals surface area contributed by atoms with Gasteiger partial charge in [-0.3, -0.25) is 4.79 Å². The largest absolute Gasteiger partial charge is 0.416 e. The van der Waals surface area contributed by atoms with Crippen molar-refractivity contribution >= 4 is 11.6 Å². The molecule has 3 rings (SSSR count). The lowest BCUT2D eigenvalue weighted by molar-refractivity contribution is -0.137. The van der Waals surface area contributed by atoms with Crippen LogP contribution in [-0.4, -0.2) is 5.91 Å². The fourth-order valence-electron chi connectivity index (χ4n) is 2.70. The first kappa shape index (κ1) is 17.7. The summed E-state index contributed by atoms with van der Waals surface area (Å²) in [5, 5.41) is 2.85. The number of carbonyl (C=O) groups is 1. The summed E-state index contributed by atoms with van der Waals surface area (Å²) >= 11 is 0. The normalized spacial score (nSPS) is 11.2. The van der Waals surface area contributed by atoms with E-state index < -0.39 is 11.7 Å². The van der Waals surface area contributed by atoms with Gasteiger partial charge < -0.3 is 5.32 Å². The SMILES string of the molecule is Cc1ccccc1C(=O)Nc1ccccc1-c1ccc(C(F)(F)F)cc1. The van der Waals surface area contributed by atoms with Crippen molar-refractivity contribution in [1.82, 2.24) is 0 Å². The lowest BCUT2D eigenvalue weighted by Crippen LogP contribution is -2.13. The van der Waals surface area contributed by atoms with Crippen LogP contribution >= 0.6 is 0 Å². The molecule has 1 amide bonds. The van der Waals surface area contributed by atoms with E-state index in [1.54, 1.807) is 36.4 Å². The summed E-state index contributed by atoms with van der Waals surface area (Å²) in [7, 11) is 0. The Labute approximate surface area is 149 Å². The predicted octanol–water partition coefficient (Wildman–Crippen LogP) is 5.93. The zero-order valence-corrected chi connectivity index (χ0v) is 14.0. The quantitative estimate of drug-likeness (QED) is 0.619. The van der Waals surface area contributed by atoms with E-state index in [0.29, 0.717) is 22.4 Å². The third-order valence-electron chi connectivity index (χ3n) is 4.09. The molecule has 0 aliphatic rings. The van der Waals surface area contributed by atoms with E-state index in [9.17, 15) is 18.0 Å². The molecular weight excluding hydrogens is 339 g/mol. The standard InChI is InChI=1S/C21H16F3NO/c1-14-6-2-3-7-17(14)20(26)25-19-9-5-4-8-18(19)15-10-12-16(13-11-15)21(22,23)24/h2-13H,1H3,(H,25,26). The van der Waals surface area contributed by atoms with Crippen molar-refractivity contribution in [2.24, 2.45) is 0 Å². The first-order valence-electron chi connectivity index (χ1n) is 8.00. The minimum atomic E-state index is -4.38. The Hall–Kier alpha value is -3.08. The Morgan fingerprint density at radius 3 is 2.12 bits per heavy atom. The third kappa shape index (κ3) is 3.77. The summed E-state index contributed by atoms with van der Waals surface area (Å²) < 4.78 is 38.2. The number of alkyl halides is 3. The molecule has 0 aromatic heterocycles. The molecule has 0 saturated heterocycles. The average molecular weight is 355 g/mol. The molecule has 0 aliphatic carbocycles. The van der Waals surface area contributed by atoms with Crippen LogP contribution in [0.4, 0.5) is 18.9 Å². The van der Waals surface area contributed by atoms with Crippen LogP contribution in [0.1, 0.15) is 21.5 Å². The number of hydrogen-bond donors (Lipinski definition) is 1. The first-order chi connectivity index (χ1) is 12.4. The number of aryl methyl sites for hydroxylation is 1. The van der Waals surface area contributed by atoms with Gasteiger partial charge in [0.15, 0.2) is 0 Å². The molecule has 3 aromatic carbocycles. The highest BCUT2D eigenvalue weighted by Gasteiger charge is 2.30. The molecule has 3 aromatic rings. The molecular formula is C21H16F3NO.